The molecule has 4 unspecified atom stereocenters. The van der Waals surface area contributed by atoms with Crippen molar-refractivity contribution in [1.82, 2.24) is 0 Å². The van der Waals surface area contributed by atoms with Crippen LogP contribution in [0.25, 0.3) is 0 Å². The van der Waals surface area contributed by atoms with E-state index in [4.69, 9.17) is 28.1 Å². The van der Waals surface area contributed by atoms with Crippen LogP contribution < -0.4 is 14.2 Å². The van der Waals surface area contributed by atoms with Gasteiger partial charge in [-0.15, -0.1) is 0 Å². The van der Waals surface area contributed by atoms with E-state index in [1.807, 2.05) is 30.1 Å². The van der Waals surface area contributed by atoms with E-state index < -0.39 is 99.5 Å². The monoisotopic (exact) mass is 1260 g/mol. The van der Waals surface area contributed by atoms with Crippen molar-refractivity contribution in [2.24, 2.45) is 11.8 Å². The lowest BCUT2D eigenvalue weighted by molar-refractivity contribution is -0.474. The molecular formula is C46H56F21IO6Si. The van der Waals surface area contributed by atoms with Crippen LogP contribution >= 0.6 is 22.6 Å². The second-order valence-corrected chi connectivity index (χ2v) is 24.5. The average molecular weight is 1260 g/mol. The van der Waals surface area contributed by atoms with Gasteiger partial charge in [-0.2, -0.15) is 92.2 Å². The molecule has 2 aromatic rings. The standard InChI is InChI=1S/C46H56F21IO6Si/c1-27(19-21-68)35(73-26-30-15-18-33(69-6)34(24-30)70-7)28(2)32(12-10-23-74-75(8,9)36(3,4)5)72-25-29-13-16-31(17-14-29)71-22-11-20-37(47,48)38(49,50)39(51,52)40(53,54)41(55,56)42(57,58)43(59,60)44(61,62)45(63,64)46(65,66)67/h13-19,21,24,27-28,32,35H,10-12,20,22-23,25-26H2,1-9H3. The van der Waals surface area contributed by atoms with Crippen molar-refractivity contribution in [1.29, 1.82) is 0 Å². The minimum atomic E-state index is -9.22. The smallest absolute Gasteiger partial charge is 0.460 e. The van der Waals surface area contributed by atoms with Crippen LogP contribution in [0.4, 0.5) is 92.2 Å². The minimum absolute atomic E-state index is 0.0669. The summed E-state index contributed by atoms with van der Waals surface area (Å²) in [4.78, 5) is 0. The minimum Gasteiger partial charge on any atom is -0.494 e. The molecule has 0 fully saturated rings. The molecule has 2 rings (SSSR count). The van der Waals surface area contributed by atoms with E-state index in [0.717, 1.165) is 5.56 Å². The largest absolute Gasteiger partial charge is 0.494 e. The molecule has 75 heavy (non-hydrogen) atoms. The lowest BCUT2D eigenvalue weighted by atomic mass is 9.85. The molecule has 4 atom stereocenters. The van der Waals surface area contributed by atoms with Crippen LogP contribution in [0.1, 0.15) is 71.4 Å². The van der Waals surface area contributed by atoms with E-state index in [2.05, 4.69) is 56.5 Å². The Morgan fingerprint density at radius 1 is 0.560 bits per heavy atom. The van der Waals surface area contributed by atoms with Gasteiger partial charge >= 0.3 is 59.5 Å². The highest BCUT2D eigenvalue weighted by atomic mass is 127. The quantitative estimate of drug-likeness (QED) is 0.0336. The fraction of sp³-hybridized carbons (Fsp3) is 0.696. The molecule has 0 bridgehead atoms. The Morgan fingerprint density at radius 3 is 1.47 bits per heavy atom. The zero-order valence-corrected chi connectivity index (χ0v) is 44.6. The van der Waals surface area contributed by atoms with Crippen LogP contribution in [0.3, 0.4) is 0 Å². The molecule has 29 heteroatoms. The molecule has 0 saturated heterocycles. The summed E-state index contributed by atoms with van der Waals surface area (Å²) < 4.78 is 326. The highest BCUT2D eigenvalue weighted by Gasteiger charge is 2.97. The molecule has 0 aromatic heterocycles. The first-order valence-electron chi connectivity index (χ1n) is 22.3. The molecule has 0 spiro atoms. The first-order valence-corrected chi connectivity index (χ1v) is 26.4. The van der Waals surface area contributed by atoms with Gasteiger partial charge in [0.25, 0.3) is 0 Å². The molecule has 0 N–H and O–H groups in total. The van der Waals surface area contributed by atoms with Crippen LogP contribution in [0.5, 0.6) is 17.2 Å². The summed E-state index contributed by atoms with van der Waals surface area (Å²) in [5.74, 6) is -77.0. The van der Waals surface area contributed by atoms with Crippen molar-refractivity contribution in [3.8, 4) is 17.2 Å². The number of benzene rings is 2. The van der Waals surface area contributed by atoms with E-state index in [-0.39, 0.29) is 35.8 Å². The van der Waals surface area contributed by atoms with E-state index in [0.29, 0.717) is 36.5 Å². The molecule has 0 aliphatic heterocycles. The van der Waals surface area contributed by atoms with Gasteiger partial charge in [0.15, 0.2) is 19.8 Å². The number of hydrogen-bond acceptors (Lipinski definition) is 6. The van der Waals surface area contributed by atoms with Crippen molar-refractivity contribution in [3.63, 3.8) is 0 Å². The fourth-order valence-electron chi connectivity index (χ4n) is 6.82. The van der Waals surface area contributed by atoms with Crippen molar-refractivity contribution in [2.75, 3.05) is 27.4 Å². The lowest BCUT2D eigenvalue weighted by Crippen LogP contribution is -2.76. The number of halogens is 22. The summed E-state index contributed by atoms with van der Waals surface area (Å²) in [6, 6.07) is 10.4. The Kier molecular flexibility index (Phi) is 22.3. The maximum absolute atomic E-state index is 14.5. The SMILES string of the molecule is COc1ccc(COC(C(C)C=CI)C(C)C(CCCO[Si](C)(C)C(C)(C)C)OCc2ccc(OCCCC(F)(F)C(F)(F)C(F)(F)C(F)(F)C(F)(F)C(F)(F)C(F)(F)C(F)(F)C(F)(F)C(F)(F)F)cc2)cc1OC. The number of rotatable bonds is 30. The molecule has 6 nitrogen and oxygen atoms in total. The second kappa shape index (κ2) is 24.5. The number of alkyl halides is 21. The average Bonchev–Trinajstić information content (AvgIpc) is 3.29. The zero-order valence-electron chi connectivity index (χ0n) is 41.4. The Bertz CT molecular complexity index is 2150. The Balaban J connectivity index is 2.29. The van der Waals surface area contributed by atoms with Gasteiger partial charge in [0, 0.05) is 24.9 Å². The molecule has 434 valence electrons. The third-order valence-corrected chi connectivity index (χ3v) is 17.6. The summed E-state index contributed by atoms with van der Waals surface area (Å²) in [7, 11) is 0.840. The normalized spacial score (nSPS) is 16.3. The Morgan fingerprint density at radius 2 is 1.01 bits per heavy atom. The van der Waals surface area contributed by atoms with E-state index >= 15 is 0 Å². The van der Waals surface area contributed by atoms with Gasteiger partial charge in [0.1, 0.15) is 5.75 Å². The molecule has 0 amide bonds. The van der Waals surface area contributed by atoms with Crippen LogP contribution in [-0.4, -0.2) is 107 Å². The molecule has 2 aromatic carbocycles. The summed E-state index contributed by atoms with van der Waals surface area (Å²) in [6.45, 7) is 13.7. The number of hydrogen-bond donors (Lipinski definition) is 0. The van der Waals surface area contributed by atoms with E-state index in [9.17, 15) is 92.2 Å². The van der Waals surface area contributed by atoms with Crippen LogP contribution in [0.2, 0.25) is 18.1 Å². The third-order valence-electron chi connectivity index (χ3n) is 12.7. The number of ether oxygens (including phenoxy) is 5. The summed E-state index contributed by atoms with van der Waals surface area (Å²) in [5.41, 5.74) is 1.24. The predicted octanol–water partition coefficient (Wildman–Crippen LogP) is 16.6. The molecule has 0 aliphatic rings. The lowest BCUT2D eigenvalue weighted by Gasteiger charge is -2.44. The first-order chi connectivity index (χ1) is 33.8. The second-order valence-electron chi connectivity index (χ2n) is 19.0. The van der Waals surface area contributed by atoms with Gasteiger partial charge in [-0.1, -0.05) is 81.5 Å². The third kappa shape index (κ3) is 14.0. The van der Waals surface area contributed by atoms with E-state index in [1.165, 1.54) is 38.5 Å². The molecule has 0 saturated carbocycles. The van der Waals surface area contributed by atoms with Crippen LogP contribution in [-0.2, 0) is 27.1 Å². The van der Waals surface area contributed by atoms with Crippen molar-refractivity contribution >= 4 is 30.9 Å². The Labute approximate surface area is 433 Å². The van der Waals surface area contributed by atoms with Gasteiger partial charge in [-0.25, -0.2) is 0 Å². The van der Waals surface area contributed by atoms with Crippen molar-refractivity contribution in [3.05, 3.63) is 63.8 Å². The number of methoxy groups -OCH3 is 2. The van der Waals surface area contributed by atoms with Gasteiger partial charge in [-0.05, 0) is 76.9 Å². The van der Waals surface area contributed by atoms with Gasteiger partial charge in [-0.3, -0.25) is 0 Å². The van der Waals surface area contributed by atoms with E-state index in [1.54, 1.807) is 12.1 Å². The summed E-state index contributed by atoms with van der Waals surface area (Å²) in [5, 5.41) is -0.0748. The summed E-state index contributed by atoms with van der Waals surface area (Å²) in [6.07, 6.45) is -10.3. The molecule has 0 radical (unpaired) electrons. The van der Waals surface area contributed by atoms with Crippen molar-refractivity contribution in [2.45, 2.75) is 163 Å². The highest BCUT2D eigenvalue weighted by molar-refractivity contribution is 14.1. The van der Waals surface area contributed by atoms with Crippen molar-refractivity contribution < 1.29 is 120 Å². The van der Waals surface area contributed by atoms with Gasteiger partial charge in [0.2, 0.25) is 0 Å². The molecule has 0 aliphatic carbocycles. The van der Waals surface area contributed by atoms with Crippen LogP contribution in [0.15, 0.2) is 52.6 Å². The maximum atomic E-state index is 14.5. The van der Waals surface area contributed by atoms with Gasteiger partial charge in [0.05, 0.1) is 46.2 Å². The summed E-state index contributed by atoms with van der Waals surface area (Å²) >= 11 is 2.08. The molecular weight excluding hydrogens is 1200 g/mol. The topological polar surface area (TPSA) is 55.4 Å². The maximum Gasteiger partial charge on any atom is 0.460 e. The fourth-order valence-corrected chi connectivity index (χ4v) is 8.57. The van der Waals surface area contributed by atoms with Gasteiger partial charge < -0.3 is 28.1 Å². The Hall–Kier alpha value is -3.06. The first kappa shape index (κ1) is 68.0. The van der Waals surface area contributed by atoms with Crippen LogP contribution in [0, 0.1) is 11.8 Å². The zero-order chi connectivity index (χ0) is 58.5. The molecule has 0 heterocycles. The highest BCUT2D eigenvalue weighted by Crippen LogP contribution is 2.66. The predicted molar refractivity (Wildman–Crippen MR) is 242 cm³/mol.